The molecule has 4 aromatic rings. The molecule has 2 aromatic carbocycles. The van der Waals surface area contributed by atoms with Crippen molar-refractivity contribution in [2.45, 2.75) is 32.8 Å². The summed E-state index contributed by atoms with van der Waals surface area (Å²) in [6.45, 7) is 4.18. The molecule has 0 amide bonds. The van der Waals surface area contributed by atoms with Crippen LogP contribution < -0.4 is 4.74 Å². The van der Waals surface area contributed by atoms with Gasteiger partial charge in [-0.1, -0.05) is 6.07 Å². The number of hydrogen-bond acceptors (Lipinski definition) is 4. The summed E-state index contributed by atoms with van der Waals surface area (Å²) in [5, 5.41) is 13.4. The first-order valence-electron chi connectivity index (χ1n) is 11.5. The van der Waals surface area contributed by atoms with Gasteiger partial charge in [0.15, 0.2) is 0 Å². The van der Waals surface area contributed by atoms with Gasteiger partial charge in [0.25, 0.3) is 0 Å². The van der Waals surface area contributed by atoms with Gasteiger partial charge in [0, 0.05) is 36.0 Å². The molecule has 178 valence electrons. The first-order chi connectivity index (χ1) is 16.8. The number of nitrogens with zero attached hydrogens (tertiary/aromatic N) is 3. The Morgan fingerprint density at radius 3 is 2.49 bits per heavy atom. The highest BCUT2D eigenvalue weighted by atomic mass is 19.1. The third-order valence-electron chi connectivity index (χ3n) is 6.62. The lowest BCUT2D eigenvalue weighted by Crippen LogP contribution is -2.02. The molecule has 0 aliphatic heterocycles. The molecule has 2 aromatic heterocycles. The van der Waals surface area contributed by atoms with Crippen molar-refractivity contribution in [1.29, 1.82) is 0 Å². The first kappa shape index (κ1) is 22.8. The minimum Gasteiger partial charge on any atom is -0.487 e. The number of halogens is 1. The van der Waals surface area contributed by atoms with E-state index >= 15 is 0 Å². The summed E-state index contributed by atoms with van der Waals surface area (Å²) in [4.78, 5) is 15.4. The predicted molar refractivity (Wildman–Crippen MR) is 131 cm³/mol. The van der Waals surface area contributed by atoms with Crippen LogP contribution in [-0.2, 0) is 18.4 Å². The second-order valence-corrected chi connectivity index (χ2v) is 9.13. The second-order valence-electron chi connectivity index (χ2n) is 9.13. The zero-order chi connectivity index (χ0) is 24.7. The van der Waals surface area contributed by atoms with E-state index in [9.17, 15) is 9.18 Å². The predicted octanol–water partition coefficient (Wildman–Crippen LogP) is 5.67. The molecule has 2 atom stereocenters. The molecule has 7 heteroatoms. The Hall–Kier alpha value is -4.00. The van der Waals surface area contributed by atoms with Gasteiger partial charge in [0.05, 0.1) is 17.8 Å². The number of carbonyl (C=O) groups is 1. The number of aliphatic carboxylic acids is 1. The van der Waals surface area contributed by atoms with Crippen molar-refractivity contribution in [3.8, 4) is 28.1 Å². The molecule has 6 nitrogen and oxygen atoms in total. The summed E-state index contributed by atoms with van der Waals surface area (Å²) in [6.07, 6.45) is 3.96. The van der Waals surface area contributed by atoms with E-state index in [0.717, 1.165) is 39.2 Å². The fourth-order valence-electron chi connectivity index (χ4n) is 4.72. The number of ether oxygens (including phenoxy) is 1. The lowest BCUT2D eigenvalue weighted by Gasteiger charge is -2.15. The fraction of sp³-hybridized carbons (Fsp3) is 0.250. The Morgan fingerprint density at radius 2 is 1.89 bits per heavy atom. The van der Waals surface area contributed by atoms with Crippen LogP contribution in [0.2, 0.25) is 0 Å². The van der Waals surface area contributed by atoms with E-state index < -0.39 is 5.97 Å². The van der Waals surface area contributed by atoms with Gasteiger partial charge in [-0.05, 0) is 85.0 Å². The Balaban J connectivity index is 1.34. The van der Waals surface area contributed by atoms with Gasteiger partial charge in [-0.2, -0.15) is 5.10 Å². The summed E-state index contributed by atoms with van der Waals surface area (Å²) >= 11 is 0. The van der Waals surface area contributed by atoms with Crippen LogP contribution in [0.15, 0.2) is 60.9 Å². The standard InChI is InChI=1S/C28H26FN3O3/c1-16-10-19(26-8-9-31-32(26)3)11-17(2)27(16)18-4-6-24(29)20(12-18)15-35-21-5-7-25(30-14-21)22-13-23(22)28(33)34/h4-12,14,22-23H,13,15H2,1-3H3,(H,33,34)/t22-,23-/m1/s1. The third-order valence-corrected chi connectivity index (χ3v) is 6.62. The highest BCUT2D eigenvalue weighted by Crippen LogP contribution is 2.46. The van der Waals surface area contributed by atoms with E-state index in [-0.39, 0.29) is 24.3 Å². The average Bonchev–Trinajstić information content (AvgIpc) is 3.53. The SMILES string of the molecule is Cc1cc(-c2ccnn2C)cc(C)c1-c1ccc(F)c(COc2ccc([C@@H]3C[C@H]3C(=O)O)nc2)c1. The van der Waals surface area contributed by atoms with Crippen molar-refractivity contribution in [3.63, 3.8) is 0 Å². The van der Waals surface area contributed by atoms with Crippen LogP contribution in [0.25, 0.3) is 22.4 Å². The zero-order valence-corrected chi connectivity index (χ0v) is 19.8. The van der Waals surface area contributed by atoms with Crippen LogP contribution >= 0.6 is 0 Å². The maximum Gasteiger partial charge on any atom is 0.307 e. The summed E-state index contributed by atoms with van der Waals surface area (Å²) in [7, 11) is 1.92. The van der Waals surface area contributed by atoms with Gasteiger partial charge >= 0.3 is 5.97 Å². The van der Waals surface area contributed by atoms with E-state index in [4.69, 9.17) is 9.84 Å². The molecule has 1 N–H and O–H groups in total. The molecule has 0 bridgehead atoms. The van der Waals surface area contributed by atoms with Crippen molar-refractivity contribution >= 4 is 5.97 Å². The van der Waals surface area contributed by atoms with Gasteiger partial charge in [0.2, 0.25) is 0 Å². The topological polar surface area (TPSA) is 77.2 Å². The van der Waals surface area contributed by atoms with Crippen molar-refractivity contribution in [3.05, 3.63) is 89.1 Å². The molecule has 0 saturated heterocycles. The van der Waals surface area contributed by atoms with Gasteiger partial charge in [0.1, 0.15) is 18.2 Å². The minimum absolute atomic E-state index is 0.0357. The molecule has 0 unspecified atom stereocenters. The number of carboxylic acids is 1. The summed E-state index contributed by atoms with van der Waals surface area (Å²) in [5.41, 5.74) is 7.52. The van der Waals surface area contributed by atoms with E-state index in [1.807, 2.05) is 23.9 Å². The van der Waals surface area contributed by atoms with Crippen LogP contribution in [0.4, 0.5) is 4.39 Å². The third kappa shape index (κ3) is 4.54. The van der Waals surface area contributed by atoms with Gasteiger partial charge in [-0.3, -0.25) is 14.5 Å². The number of benzene rings is 2. The second kappa shape index (κ2) is 8.98. The zero-order valence-electron chi connectivity index (χ0n) is 19.8. The smallest absolute Gasteiger partial charge is 0.307 e. The highest BCUT2D eigenvalue weighted by molar-refractivity contribution is 5.76. The number of rotatable bonds is 7. The van der Waals surface area contributed by atoms with Crippen molar-refractivity contribution in [2.24, 2.45) is 13.0 Å². The molecule has 5 rings (SSSR count). The van der Waals surface area contributed by atoms with Crippen molar-refractivity contribution in [1.82, 2.24) is 14.8 Å². The molecule has 0 spiro atoms. The Kier molecular flexibility index (Phi) is 5.84. The van der Waals surface area contributed by atoms with Crippen LogP contribution in [0.1, 0.15) is 34.7 Å². The van der Waals surface area contributed by atoms with Gasteiger partial charge < -0.3 is 9.84 Å². The largest absolute Gasteiger partial charge is 0.487 e. The van der Waals surface area contributed by atoms with E-state index in [0.29, 0.717) is 17.7 Å². The number of aromatic nitrogens is 3. The van der Waals surface area contributed by atoms with Crippen LogP contribution in [0, 0.1) is 25.6 Å². The molecule has 0 radical (unpaired) electrons. The maximum atomic E-state index is 14.6. The summed E-state index contributed by atoms with van der Waals surface area (Å²) < 4.78 is 22.3. The van der Waals surface area contributed by atoms with Crippen molar-refractivity contribution < 1.29 is 19.0 Å². The normalized spacial score (nSPS) is 16.8. The Labute approximate surface area is 203 Å². The molecule has 35 heavy (non-hydrogen) atoms. The molecular formula is C28H26FN3O3. The highest BCUT2D eigenvalue weighted by Gasteiger charge is 2.45. The number of aryl methyl sites for hydroxylation is 3. The first-order valence-corrected chi connectivity index (χ1v) is 11.5. The molecule has 1 aliphatic rings. The van der Waals surface area contributed by atoms with E-state index in [1.54, 1.807) is 30.6 Å². The molecule has 1 aliphatic carbocycles. The van der Waals surface area contributed by atoms with Crippen LogP contribution in [0.5, 0.6) is 5.75 Å². The number of pyridine rings is 1. The van der Waals surface area contributed by atoms with Gasteiger partial charge in [-0.25, -0.2) is 4.39 Å². The average molecular weight is 472 g/mol. The molecule has 1 saturated carbocycles. The Bertz CT molecular complexity index is 1390. The van der Waals surface area contributed by atoms with Crippen LogP contribution in [0.3, 0.4) is 0 Å². The van der Waals surface area contributed by atoms with E-state index in [1.165, 1.54) is 6.07 Å². The fourth-order valence-corrected chi connectivity index (χ4v) is 4.72. The van der Waals surface area contributed by atoms with Gasteiger partial charge in [-0.15, -0.1) is 0 Å². The summed E-state index contributed by atoms with van der Waals surface area (Å²) in [6, 6.07) is 14.9. The Morgan fingerprint density at radius 1 is 1.11 bits per heavy atom. The van der Waals surface area contributed by atoms with E-state index in [2.05, 4.69) is 36.1 Å². The molecular weight excluding hydrogens is 445 g/mol. The lowest BCUT2D eigenvalue weighted by molar-refractivity contribution is -0.138. The molecule has 1 fully saturated rings. The minimum atomic E-state index is -0.787. The molecule has 2 heterocycles. The number of carboxylic acid groups (broad SMARTS) is 1. The maximum absolute atomic E-state index is 14.6. The van der Waals surface area contributed by atoms with Crippen LogP contribution in [-0.4, -0.2) is 25.8 Å². The quantitative estimate of drug-likeness (QED) is 0.376. The monoisotopic (exact) mass is 471 g/mol. The summed E-state index contributed by atoms with van der Waals surface area (Å²) in [5.74, 6) is -0.992. The lowest BCUT2D eigenvalue weighted by atomic mass is 9.92. The van der Waals surface area contributed by atoms with Crippen molar-refractivity contribution in [2.75, 3.05) is 0 Å². The number of hydrogen-bond donors (Lipinski definition) is 1.